The summed E-state index contributed by atoms with van der Waals surface area (Å²) in [6.07, 6.45) is 2.49. The van der Waals surface area contributed by atoms with Gasteiger partial charge in [-0.05, 0) is 43.2 Å². The van der Waals surface area contributed by atoms with E-state index in [-0.39, 0.29) is 10.6 Å². The first-order chi connectivity index (χ1) is 12.4. The summed E-state index contributed by atoms with van der Waals surface area (Å²) in [7, 11) is -3.80. The second-order valence-electron chi connectivity index (χ2n) is 6.04. The number of hydrogen-bond acceptors (Lipinski definition) is 3. The van der Waals surface area contributed by atoms with E-state index in [1.54, 1.807) is 0 Å². The maximum Gasteiger partial charge on any atom is 0.258 e. The molecule has 1 aliphatic heterocycles. The van der Waals surface area contributed by atoms with Crippen LogP contribution in [-0.4, -0.2) is 31.7 Å². The number of para-hydroxylation sites is 1. The van der Waals surface area contributed by atoms with Gasteiger partial charge in [0, 0.05) is 13.1 Å². The van der Waals surface area contributed by atoms with Crippen LogP contribution in [0.5, 0.6) is 0 Å². The Balaban J connectivity index is 1.90. The Morgan fingerprint density at radius 3 is 2.35 bits per heavy atom. The summed E-state index contributed by atoms with van der Waals surface area (Å²) in [6, 6.07) is 8.54. The molecule has 3 rings (SSSR count). The monoisotopic (exact) mass is 380 g/mol. The minimum absolute atomic E-state index is 0.110. The lowest BCUT2D eigenvalue weighted by atomic mass is 10.2. The number of anilines is 1. The van der Waals surface area contributed by atoms with E-state index in [9.17, 15) is 22.0 Å². The average molecular weight is 380 g/mol. The predicted octanol–water partition coefficient (Wildman–Crippen LogP) is 3.39. The van der Waals surface area contributed by atoms with Gasteiger partial charge in [-0.2, -0.15) is 4.31 Å². The molecule has 0 aromatic heterocycles. The molecule has 26 heavy (non-hydrogen) atoms. The van der Waals surface area contributed by atoms with Crippen molar-refractivity contribution in [3.8, 4) is 0 Å². The van der Waals surface area contributed by atoms with Gasteiger partial charge in [-0.1, -0.05) is 18.6 Å². The predicted molar refractivity (Wildman–Crippen MR) is 93.4 cm³/mol. The van der Waals surface area contributed by atoms with Crippen LogP contribution < -0.4 is 5.32 Å². The Bertz CT molecular complexity index is 926. The summed E-state index contributed by atoms with van der Waals surface area (Å²) >= 11 is 0. The normalized spacial score (nSPS) is 15.6. The quantitative estimate of drug-likeness (QED) is 0.884. The fourth-order valence-corrected chi connectivity index (χ4v) is 4.39. The zero-order chi connectivity index (χ0) is 18.7. The van der Waals surface area contributed by atoms with Crippen LogP contribution in [0.15, 0.2) is 47.4 Å². The van der Waals surface area contributed by atoms with Gasteiger partial charge in [0.1, 0.15) is 11.6 Å². The van der Waals surface area contributed by atoms with Crippen LogP contribution in [0.4, 0.5) is 14.5 Å². The number of benzene rings is 2. The van der Waals surface area contributed by atoms with Gasteiger partial charge in [-0.15, -0.1) is 0 Å². The number of sulfonamides is 1. The number of nitrogens with one attached hydrogen (secondary N) is 1. The van der Waals surface area contributed by atoms with Crippen molar-refractivity contribution in [3.05, 3.63) is 59.7 Å². The zero-order valence-electron chi connectivity index (χ0n) is 13.9. The third-order valence-corrected chi connectivity index (χ3v) is 6.15. The molecule has 1 amide bonds. The van der Waals surface area contributed by atoms with Crippen molar-refractivity contribution >= 4 is 21.6 Å². The van der Waals surface area contributed by atoms with Crippen molar-refractivity contribution < 1.29 is 22.0 Å². The van der Waals surface area contributed by atoms with Gasteiger partial charge in [0.15, 0.2) is 0 Å². The third-order valence-electron chi connectivity index (χ3n) is 4.26. The Morgan fingerprint density at radius 2 is 1.65 bits per heavy atom. The summed E-state index contributed by atoms with van der Waals surface area (Å²) in [5.74, 6) is -2.46. The maximum absolute atomic E-state index is 14.1. The van der Waals surface area contributed by atoms with Crippen LogP contribution in [-0.2, 0) is 10.0 Å². The minimum Gasteiger partial charge on any atom is -0.319 e. The highest BCUT2D eigenvalue weighted by Crippen LogP contribution is 2.23. The molecule has 1 saturated heterocycles. The van der Waals surface area contributed by atoms with Gasteiger partial charge in [-0.25, -0.2) is 17.2 Å². The lowest BCUT2D eigenvalue weighted by molar-refractivity contribution is 0.102. The Hall–Kier alpha value is -2.32. The van der Waals surface area contributed by atoms with E-state index in [2.05, 4.69) is 5.32 Å². The number of hydrogen-bond donors (Lipinski definition) is 1. The number of carbonyl (C=O) groups excluding carboxylic acids is 1. The lowest BCUT2D eigenvalue weighted by Gasteiger charge is -2.26. The fourth-order valence-electron chi connectivity index (χ4n) is 2.85. The van der Waals surface area contributed by atoms with Crippen molar-refractivity contribution in [2.45, 2.75) is 24.2 Å². The summed E-state index contributed by atoms with van der Waals surface area (Å²) in [5.41, 5.74) is -0.562. The molecule has 0 atom stereocenters. The summed E-state index contributed by atoms with van der Waals surface area (Å²) < 4.78 is 54.5. The molecule has 0 spiro atoms. The molecule has 2 aromatic carbocycles. The van der Waals surface area contributed by atoms with Crippen molar-refractivity contribution in [3.63, 3.8) is 0 Å². The number of carbonyl (C=O) groups is 1. The number of rotatable bonds is 4. The number of piperidine rings is 1. The fraction of sp³-hybridized carbons (Fsp3) is 0.278. The first kappa shape index (κ1) is 18.5. The highest BCUT2D eigenvalue weighted by molar-refractivity contribution is 7.89. The van der Waals surface area contributed by atoms with Crippen molar-refractivity contribution in [1.29, 1.82) is 0 Å². The molecule has 0 bridgehead atoms. The van der Waals surface area contributed by atoms with Crippen LogP contribution in [0, 0.1) is 11.6 Å². The number of nitrogens with zero attached hydrogens (tertiary/aromatic N) is 1. The molecule has 0 aliphatic carbocycles. The molecule has 0 saturated carbocycles. The molecular formula is C18H18F2N2O3S. The molecule has 1 fully saturated rings. The lowest BCUT2D eigenvalue weighted by Crippen LogP contribution is -2.35. The van der Waals surface area contributed by atoms with Crippen molar-refractivity contribution in [2.24, 2.45) is 0 Å². The molecule has 0 unspecified atom stereocenters. The van der Waals surface area contributed by atoms with E-state index >= 15 is 0 Å². The van der Waals surface area contributed by atoms with Gasteiger partial charge < -0.3 is 5.32 Å². The first-order valence-corrected chi connectivity index (χ1v) is 9.69. The third kappa shape index (κ3) is 3.76. The average Bonchev–Trinajstić information content (AvgIpc) is 2.64. The second-order valence-corrected chi connectivity index (χ2v) is 7.98. The van der Waals surface area contributed by atoms with Gasteiger partial charge >= 0.3 is 0 Å². The highest BCUT2D eigenvalue weighted by atomic mass is 32.2. The molecule has 1 N–H and O–H groups in total. The molecule has 1 heterocycles. The van der Waals surface area contributed by atoms with Crippen LogP contribution in [0.2, 0.25) is 0 Å². The van der Waals surface area contributed by atoms with Gasteiger partial charge in [-0.3, -0.25) is 4.79 Å². The van der Waals surface area contributed by atoms with E-state index in [1.165, 1.54) is 22.5 Å². The smallest absolute Gasteiger partial charge is 0.258 e. The largest absolute Gasteiger partial charge is 0.319 e. The van der Waals surface area contributed by atoms with E-state index in [0.29, 0.717) is 13.1 Å². The number of amides is 1. The standard InChI is InChI=1S/C18H18F2N2O3S/c19-15-9-8-13(26(24,25)22-10-4-1-5-11-22)12-14(15)18(23)21-17-7-3-2-6-16(17)20/h2-3,6-9,12H,1,4-5,10-11H2,(H,21,23). The molecular weight excluding hydrogens is 362 g/mol. The van der Waals surface area contributed by atoms with Crippen LogP contribution in [0.25, 0.3) is 0 Å². The van der Waals surface area contributed by atoms with Crippen molar-refractivity contribution in [2.75, 3.05) is 18.4 Å². The summed E-state index contributed by atoms with van der Waals surface area (Å²) in [5, 5.41) is 2.26. The molecule has 0 radical (unpaired) electrons. The SMILES string of the molecule is O=C(Nc1ccccc1F)c1cc(S(=O)(=O)N2CCCCC2)ccc1F. The van der Waals surface area contributed by atoms with E-state index in [1.807, 2.05) is 0 Å². The Labute approximate surface area is 150 Å². The Kier molecular flexibility index (Phi) is 5.33. The molecule has 2 aromatic rings. The molecule has 8 heteroatoms. The van der Waals surface area contributed by atoms with Crippen molar-refractivity contribution in [1.82, 2.24) is 4.31 Å². The first-order valence-electron chi connectivity index (χ1n) is 8.25. The Morgan fingerprint density at radius 1 is 0.962 bits per heavy atom. The molecule has 5 nitrogen and oxygen atoms in total. The van der Waals surface area contributed by atoms with E-state index in [4.69, 9.17) is 0 Å². The van der Waals surface area contributed by atoms with E-state index < -0.39 is 33.1 Å². The summed E-state index contributed by atoms with van der Waals surface area (Å²) in [6.45, 7) is 0.799. The van der Waals surface area contributed by atoms with Gasteiger partial charge in [0.25, 0.3) is 5.91 Å². The molecule has 138 valence electrons. The van der Waals surface area contributed by atoms with Gasteiger partial charge in [0.05, 0.1) is 16.1 Å². The number of halogens is 2. The molecule has 1 aliphatic rings. The topological polar surface area (TPSA) is 66.5 Å². The maximum atomic E-state index is 14.1. The van der Waals surface area contributed by atoms with E-state index in [0.717, 1.165) is 43.5 Å². The summed E-state index contributed by atoms with van der Waals surface area (Å²) in [4.78, 5) is 12.2. The van der Waals surface area contributed by atoms with Crippen LogP contribution >= 0.6 is 0 Å². The highest BCUT2D eigenvalue weighted by Gasteiger charge is 2.27. The van der Waals surface area contributed by atoms with Crippen LogP contribution in [0.1, 0.15) is 29.6 Å². The van der Waals surface area contributed by atoms with Crippen LogP contribution in [0.3, 0.4) is 0 Å². The van der Waals surface area contributed by atoms with Gasteiger partial charge in [0.2, 0.25) is 10.0 Å². The second kappa shape index (κ2) is 7.51. The zero-order valence-corrected chi connectivity index (χ0v) is 14.7. The minimum atomic E-state index is -3.80.